The molecule has 3 heteroatoms. The van der Waals surface area contributed by atoms with Gasteiger partial charge in [0.2, 0.25) is 0 Å². The van der Waals surface area contributed by atoms with E-state index in [1.165, 1.54) is 70.6 Å². The summed E-state index contributed by atoms with van der Waals surface area (Å²) in [7, 11) is 0. The number of cyclic esters (lactones) is 1. The first-order valence-corrected chi connectivity index (χ1v) is 10.1. The maximum atomic E-state index is 12.5. The zero-order valence-corrected chi connectivity index (χ0v) is 14.3. The maximum Gasteiger partial charge on any atom is 0.410 e. The molecule has 0 aromatic carbocycles. The minimum atomic E-state index is -0.00341. The smallest absolute Gasteiger partial charge is 0.410 e. The summed E-state index contributed by atoms with van der Waals surface area (Å²) in [6.45, 7) is 1.88. The first-order valence-electron chi connectivity index (χ1n) is 10.1. The first-order chi connectivity index (χ1) is 11.2. The number of hydrogen-bond acceptors (Lipinski definition) is 2. The molecule has 6 rings (SSSR count). The van der Waals surface area contributed by atoms with E-state index in [9.17, 15) is 4.79 Å². The van der Waals surface area contributed by atoms with Crippen molar-refractivity contribution in [2.24, 2.45) is 29.1 Å². The SMILES string of the molecule is O=C1OC(C2CCCCC2)CN1CC12CC3CC(CC(C3)C1)C2. The highest BCUT2D eigenvalue weighted by atomic mass is 16.6. The molecule has 3 nitrogen and oxygen atoms in total. The number of carbonyl (C=O) groups excluding carboxylic acids is 1. The van der Waals surface area contributed by atoms with Gasteiger partial charge >= 0.3 is 6.09 Å². The van der Waals surface area contributed by atoms with Gasteiger partial charge in [0.05, 0.1) is 6.54 Å². The molecule has 5 aliphatic carbocycles. The van der Waals surface area contributed by atoms with Crippen molar-refractivity contribution < 1.29 is 9.53 Å². The van der Waals surface area contributed by atoms with Crippen LogP contribution in [0.5, 0.6) is 0 Å². The first kappa shape index (κ1) is 14.6. The van der Waals surface area contributed by atoms with Crippen LogP contribution in [0.15, 0.2) is 0 Å². The highest BCUT2D eigenvalue weighted by molar-refractivity contribution is 5.70. The Morgan fingerprint density at radius 2 is 1.57 bits per heavy atom. The second-order valence-electron chi connectivity index (χ2n) is 9.62. The molecule has 0 N–H and O–H groups in total. The van der Waals surface area contributed by atoms with Crippen LogP contribution in [-0.4, -0.2) is 30.2 Å². The molecule has 128 valence electrons. The van der Waals surface area contributed by atoms with Crippen LogP contribution in [0, 0.1) is 29.1 Å². The van der Waals surface area contributed by atoms with Crippen LogP contribution in [0.2, 0.25) is 0 Å². The zero-order chi connectivity index (χ0) is 15.4. The Bertz CT molecular complexity index is 447. The van der Waals surface area contributed by atoms with Crippen molar-refractivity contribution in [1.29, 1.82) is 0 Å². The van der Waals surface area contributed by atoms with Gasteiger partial charge in [-0.3, -0.25) is 0 Å². The van der Waals surface area contributed by atoms with E-state index in [2.05, 4.69) is 4.90 Å². The van der Waals surface area contributed by atoms with Crippen molar-refractivity contribution in [1.82, 2.24) is 4.90 Å². The summed E-state index contributed by atoms with van der Waals surface area (Å²) in [5, 5.41) is 0. The van der Waals surface area contributed by atoms with Gasteiger partial charge in [-0.25, -0.2) is 4.79 Å². The Kier molecular flexibility index (Phi) is 3.42. The minimum absolute atomic E-state index is 0.00341. The average Bonchev–Trinajstić information content (AvgIpc) is 2.87. The van der Waals surface area contributed by atoms with Crippen molar-refractivity contribution in [2.75, 3.05) is 13.1 Å². The number of nitrogens with zero attached hydrogens (tertiary/aromatic N) is 1. The summed E-state index contributed by atoms with van der Waals surface area (Å²) in [4.78, 5) is 14.6. The standard InChI is InChI=1S/C20H31NO2/c22-19-21(12-18(23-19)17-4-2-1-3-5-17)13-20-9-14-6-15(10-20)8-16(7-14)11-20/h14-18H,1-13H2. The monoisotopic (exact) mass is 317 g/mol. The highest BCUT2D eigenvalue weighted by Crippen LogP contribution is 2.60. The van der Waals surface area contributed by atoms with Crippen molar-refractivity contribution in [3.05, 3.63) is 0 Å². The third-order valence-electron chi connectivity index (χ3n) is 7.78. The summed E-state index contributed by atoms with van der Waals surface area (Å²) < 4.78 is 5.81. The molecule has 0 radical (unpaired) electrons. The second-order valence-corrected chi connectivity index (χ2v) is 9.62. The lowest BCUT2D eigenvalue weighted by atomic mass is 9.49. The predicted octanol–water partition coefficient (Wildman–Crippen LogP) is 4.60. The van der Waals surface area contributed by atoms with Crippen LogP contribution in [0.4, 0.5) is 4.79 Å². The molecule has 1 aliphatic heterocycles. The van der Waals surface area contributed by atoms with Crippen LogP contribution in [0.25, 0.3) is 0 Å². The van der Waals surface area contributed by atoms with Crippen LogP contribution in [0.1, 0.15) is 70.6 Å². The Labute approximate surface area is 140 Å². The number of rotatable bonds is 3. The molecule has 5 saturated carbocycles. The molecular formula is C20H31NO2. The van der Waals surface area contributed by atoms with Crippen LogP contribution < -0.4 is 0 Å². The quantitative estimate of drug-likeness (QED) is 0.761. The van der Waals surface area contributed by atoms with E-state index in [-0.39, 0.29) is 12.2 Å². The van der Waals surface area contributed by atoms with Crippen LogP contribution in [0.3, 0.4) is 0 Å². The van der Waals surface area contributed by atoms with E-state index in [1.54, 1.807) is 0 Å². The molecule has 6 fully saturated rings. The molecule has 1 unspecified atom stereocenters. The van der Waals surface area contributed by atoms with Gasteiger partial charge in [-0.15, -0.1) is 0 Å². The molecule has 6 aliphatic rings. The molecule has 0 aromatic rings. The Morgan fingerprint density at radius 3 is 2.17 bits per heavy atom. The maximum absolute atomic E-state index is 12.5. The van der Waals surface area contributed by atoms with Gasteiger partial charge < -0.3 is 9.64 Å². The van der Waals surface area contributed by atoms with Gasteiger partial charge in [-0.1, -0.05) is 19.3 Å². The molecule has 23 heavy (non-hydrogen) atoms. The third kappa shape index (κ3) is 2.59. The summed E-state index contributed by atoms with van der Waals surface area (Å²) in [5.74, 6) is 3.53. The van der Waals surface area contributed by atoms with E-state index in [0.29, 0.717) is 11.3 Å². The molecule has 4 bridgehead atoms. The topological polar surface area (TPSA) is 29.5 Å². The number of carbonyl (C=O) groups is 1. The Balaban J connectivity index is 1.26. The number of ether oxygens (including phenoxy) is 1. The normalized spacial score (nSPS) is 46.4. The summed E-state index contributed by atoms with van der Waals surface area (Å²) in [6.07, 6.45) is 15.3. The third-order valence-corrected chi connectivity index (χ3v) is 7.78. The van der Waals surface area contributed by atoms with Crippen molar-refractivity contribution in [3.8, 4) is 0 Å². The Hall–Kier alpha value is -0.730. The summed E-state index contributed by atoms with van der Waals surface area (Å²) in [6, 6.07) is 0. The molecular weight excluding hydrogens is 286 g/mol. The fraction of sp³-hybridized carbons (Fsp3) is 0.950. The average molecular weight is 317 g/mol. The highest BCUT2D eigenvalue weighted by Gasteiger charge is 2.52. The van der Waals surface area contributed by atoms with Crippen LogP contribution in [-0.2, 0) is 4.74 Å². The van der Waals surface area contributed by atoms with Gasteiger partial charge in [0.1, 0.15) is 6.10 Å². The number of hydrogen-bond donors (Lipinski definition) is 0. The van der Waals surface area contributed by atoms with Crippen LogP contribution >= 0.6 is 0 Å². The fourth-order valence-electron chi connectivity index (χ4n) is 7.30. The van der Waals surface area contributed by atoms with E-state index in [4.69, 9.17) is 4.74 Å². The number of amides is 1. The van der Waals surface area contributed by atoms with Crippen molar-refractivity contribution >= 4 is 6.09 Å². The molecule has 1 saturated heterocycles. The fourth-order valence-corrected chi connectivity index (χ4v) is 7.30. The lowest BCUT2D eigenvalue weighted by molar-refractivity contribution is -0.0628. The lowest BCUT2D eigenvalue weighted by Crippen LogP contribution is -2.51. The molecule has 0 spiro atoms. The predicted molar refractivity (Wildman–Crippen MR) is 89.0 cm³/mol. The molecule has 1 atom stereocenters. The summed E-state index contributed by atoms with van der Waals surface area (Å²) >= 11 is 0. The molecule has 1 amide bonds. The lowest BCUT2D eigenvalue weighted by Gasteiger charge is -2.57. The zero-order valence-electron chi connectivity index (χ0n) is 14.3. The minimum Gasteiger partial charge on any atom is -0.444 e. The van der Waals surface area contributed by atoms with E-state index < -0.39 is 0 Å². The van der Waals surface area contributed by atoms with Gasteiger partial charge in [0.15, 0.2) is 0 Å². The van der Waals surface area contributed by atoms with Gasteiger partial charge in [-0.2, -0.15) is 0 Å². The van der Waals surface area contributed by atoms with Gasteiger partial charge in [-0.05, 0) is 80.5 Å². The van der Waals surface area contributed by atoms with Gasteiger partial charge in [0.25, 0.3) is 0 Å². The Morgan fingerprint density at radius 1 is 0.957 bits per heavy atom. The van der Waals surface area contributed by atoms with E-state index >= 15 is 0 Å². The molecule has 0 aromatic heterocycles. The van der Waals surface area contributed by atoms with Gasteiger partial charge in [0, 0.05) is 6.54 Å². The van der Waals surface area contributed by atoms with E-state index in [0.717, 1.165) is 30.8 Å². The molecule has 1 heterocycles. The second kappa shape index (κ2) is 5.39. The van der Waals surface area contributed by atoms with Crippen molar-refractivity contribution in [3.63, 3.8) is 0 Å². The van der Waals surface area contributed by atoms with E-state index in [1.807, 2.05) is 0 Å². The largest absolute Gasteiger partial charge is 0.444 e. The summed E-state index contributed by atoms with van der Waals surface area (Å²) in [5.41, 5.74) is 0.454. The van der Waals surface area contributed by atoms with Crippen molar-refractivity contribution in [2.45, 2.75) is 76.7 Å².